The molecule has 0 radical (unpaired) electrons. The highest BCUT2D eigenvalue weighted by Crippen LogP contribution is 2.69. The van der Waals surface area contributed by atoms with E-state index in [-0.39, 0.29) is 0 Å². The summed E-state index contributed by atoms with van der Waals surface area (Å²) in [6, 6.07) is 0. The summed E-state index contributed by atoms with van der Waals surface area (Å²) in [4.78, 5) is 4.06. The minimum atomic E-state index is 0.292. The van der Waals surface area contributed by atoms with Gasteiger partial charge in [0.25, 0.3) is 0 Å². The quantitative estimate of drug-likeness (QED) is 0.437. The molecule has 0 bridgehead atoms. The van der Waals surface area contributed by atoms with Gasteiger partial charge in [0, 0.05) is 0 Å². The molecule has 0 aliphatic heterocycles. The highest BCUT2D eigenvalue weighted by Gasteiger charge is 2.61. The third-order valence-corrected chi connectivity index (χ3v) is 10.4. The van der Waals surface area contributed by atoms with Gasteiger partial charge in [0.2, 0.25) is 0 Å². The Morgan fingerprint density at radius 1 is 0.933 bits per heavy atom. The van der Waals surface area contributed by atoms with Crippen LogP contribution in [0, 0.1) is 52.3 Å². The van der Waals surface area contributed by atoms with E-state index in [9.17, 15) is 4.53 Å². The van der Waals surface area contributed by atoms with E-state index in [2.05, 4.69) is 32.6 Å². The average Bonchev–Trinajstić information content (AvgIpc) is 3.13. The van der Waals surface area contributed by atoms with Crippen molar-refractivity contribution in [3.8, 4) is 0 Å². The van der Waals surface area contributed by atoms with Crippen LogP contribution in [0.2, 0.25) is 0 Å². The summed E-state index contributed by atoms with van der Waals surface area (Å²) >= 11 is 0. The van der Waals surface area contributed by atoms with Crippen molar-refractivity contribution >= 4 is 0 Å². The van der Waals surface area contributed by atoms with Gasteiger partial charge in [-0.25, -0.2) is 0 Å². The Morgan fingerprint density at radius 3 is 2.27 bits per heavy atom. The standard InChI is InChI=1S/C24H41FO.2C2H6/c1-5-24-13-10-16(2)14-18(24)6-7-19-21-9-8-20(17(3)15-26-25)23(21,4)12-11-22(19)24;2*1-2/h16-22H,5-15H2,1-4H3;2*1-2H3. The molecule has 0 aromatic carbocycles. The summed E-state index contributed by atoms with van der Waals surface area (Å²) in [6.07, 6.45) is 14.3. The SMILES string of the molecule is CC.CC.CCC12CCC(C)CC1CCC1C3CCC(C(C)COF)C3(C)CCC12. The molecule has 4 rings (SSSR count). The van der Waals surface area contributed by atoms with Crippen LogP contribution >= 0.6 is 0 Å². The van der Waals surface area contributed by atoms with Gasteiger partial charge in [0.15, 0.2) is 0 Å². The summed E-state index contributed by atoms with van der Waals surface area (Å²) in [6.45, 7) is 18.1. The maximum Gasteiger partial charge on any atom is 0.0904 e. The number of hydrogen-bond acceptors (Lipinski definition) is 1. The zero-order valence-electron chi connectivity index (χ0n) is 21.6. The maximum absolute atomic E-state index is 12.5. The molecule has 1 nitrogen and oxygen atoms in total. The zero-order chi connectivity index (χ0) is 22.5. The number of rotatable bonds is 4. The molecule has 9 atom stereocenters. The molecule has 4 aliphatic carbocycles. The van der Waals surface area contributed by atoms with Gasteiger partial charge in [0.1, 0.15) is 0 Å². The first-order chi connectivity index (χ1) is 14.5. The number of halogens is 1. The van der Waals surface area contributed by atoms with Crippen molar-refractivity contribution in [2.45, 2.75) is 120 Å². The van der Waals surface area contributed by atoms with E-state index in [4.69, 9.17) is 0 Å². The Kier molecular flexibility index (Phi) is 9.72. The minimum absolute atomic E-state index is 0.292. The molecule has 0 heterocycles. The van der Waals surface area contributed by atoms with E-state index in [1.165, 1.54) is 64.2 Å². The van der Waals surface area contributed by atoms with Gasteiger partial charge in [-0.3, -0.25) is 0 Å². The van der Waals surface area contributed by atoms with E-state index < -0.39 is 0 Å². The molecule has 0 N–H and O–H groups in total. The Hall–Kier alpha value is -0.110. The molecule has 4 aliphatic rings. The monoisotopic (exact) mass is 424 g/mol. The van der Waals surface area contributed by atoms with Gasteiger partial charge in [-0.1, -0.05) is 61.8 Å². The molecule has 30 heavy (non-hydrogen) atoms. The van der Waals surface area contributed by atoms with Gasteiger partial charge >= 0.3 is 0 Å². The molecule has 0 aromatic heterocycles. The number of hydrogen-bond donors (Lipinski definition) is 0. The predicted octanol–water partition coefficient (Wildman–Crippen LogP) is 9.26. The lowest BCUT2D eigenvalue weighted by atomic mass is 9.43. The molecule has 4 fully saturated rings. The molecule has 178 valence electrons. The van der Waals surface area contributed by atoms with Crippen molar-refractivity contribution < 1.29 is 9.47 Å². The van der Waals surface area contributed by atoms with E-state index in [0.717, 1.165) is 29.6 Å². The maximum atomic E-state index is 12.5. The molecule has 0 amide bonds. The van der Waals surface area contributed by atoms with Crippen LogP contribution < -0.4 is 0 Å². The molecule has 4 saturated carbocycles. The van der Waals surface area contributed by atoms with Gasteiger partial charge < -0.3 is 0 Å². The summed E-state index contributed by atoms with van der Waals surface area (Å²) in [7, 11) is 0. The van der Waals surface area contributed by atoms with Gasteiger partial charge in [-0.05, 0) is 115 Å². The van der Waals surface area contributed by atoms with Crippen molar-refractivity contribution in [1.29, 1.82) is 0 Å². The lowest BCUT2D eigenvalue weighted by molar-refractivity contribution is -0.161. The second kappa shape index (κ2) is 11.2. The molecule has 0 saturated heterocycles. The van der Waals surface area contributed by atoms with E-state index in [1.54, 1.807) is 0 Å². The summed E-state index contributed by atoms with van der Waals surface area (Å²) in [5.74, 6) is 5.77. The van der Waals surface area contributed by atoms with Crippen LogP contribution in [0.5, 0.6) is 0 Å². The van der Waals surface area contributed by atoms with E-state index in [1.807, 2.05) is 27.7 Å². The van der Waals surface area contributed by atoms with E-state index >= 15 is 0 Å². The van der Waals surface area contributed by atoms with Crippen LogP contribution in [-0.4, -0.2) is 6.61 Å². The zero-order valence-corrected chi connectivity index (χ0v) is 21.6. The van der Waals surface area contributed by atoms with Gasteiger partial charge in [-0.2, -0.15) is 4.94 Å². The Bertz CT molecular complexity index is 507. The van der Waals surface area contributed by atoms with Gasteiger partial charge in [0.05, 0.1) is 6.61 Å². The largest absolute Gasteiger partial charge is 0.194 e. The van der Waals surface area contributed by atoms with E-state index in [0.29, 0.717) is 29.3 Å². The van der Waals surface area contributed by atoms with Crippen molar-refractivity contribution in [1.82, 2.24) is 0 Å². The van der Waals surface area contributed by atoms with Crippen LogP contribution in [0.25, 0.3) is 0 Å². The van der Waals surface area contributed by atoms with Crippen molar-refractivity contribution in [3.05, 3.63) is 0 Å². The second-order valence-corrected chi connectivity index (χ2v) is 11.1. The van der Waals surface area contributed by atoms with Crippen LogP contribution in [-0.2, 0) is 4.94 Å². The number of fused-ring (bicyclic) bond motifs is 5. The molecule has 0 spiro atoms. The van der Waals surface area contributed by atoms with Crippen molar-refractivity contribution in [2.24, 2.45) is 52.3 Å². The fraction of sp³-hybridized carbons (Fsp3) is 1.00. The van der Waals surface area contributed by atoms with Gasteiger partial charge in [-0.15, -0.1) is 0 Å². The molecule has 9 unspecified atom stereocenters. The van der Waals surface area contributed by atoms with Crippen LogP contribution in [0.15, 0.2) is 0 Å². The lowest BCUT2D eigenvalue weighted by Gasteiger charge is -2.62. The summed E-state index contributed by atoms with van der Waals surface area (Å²) in [5.41, 5.74) is 1.09. The van der Waals surface area contributed by atoms with Crippen LogP contribution in [0.4, 0.5) is 4.53 Å². The molecular weight excluding hydrogens is 371 g/mol. The summed E-state index contributed by atoms with van der Waals surface area (Å²) in [5, 5.41) is 0. The molecule has 0 aromatic rings. The third kappa shape index (κ3) is 4.38. The lowest BCUT2D eigenvalue weighted by Crippen LogP contribution is -2.54. The Balaban J connectivity index is 0.000000757. The normalized spacial score (nSPS) is 45.5. The Morgan fingerprint density at radius 2 is 1.63 bits per heavy atom. The van der Waals surface area contributed by atoms with Crippen molar-refractivity contribution in [2.75, 3.05) is 6.61 Å². The van der Waals surface area contributed by atoms with Crippen molar-refractivity contribution in [3.63, 3.8) is 0 Å². The predicted molar refractivity (Wildman–Crippen MR) is 128 cm³/mol. The molecule has 2 heteroatoms. The Labute approximate surface area is 188 Å². The summed E-state index contributed by atoms with van der Waals surface area (Å²) < 4.78 is 12.5. The highest BCUT2D eigenvalue weighted by atomic mass is 19.3. The smallest absolute Gasteiger partial charge is 0.0904 e. The average molecular weight is 425 g/mol. The first-order valence-corrected chi connectivity index (χ1v) is 13.7. The molecular formula is C28H53FO. The second-order valence-electron chi connectivity index (χ2n) is 11.1. The first kappa shape index (κ1) is 26.1. The fourth-order valence-electron chi connectivity index (χ4n) is 9.17. The topological polar surface area (TPSA) is 9.23 Å². The fourth-order valence-corrected chi connectivity index (χ4v) is 9.17. The van der Waals surface area contributed by atoms with Crippen LogP contribution in [0.1, 0.15) is 120 Å². The minimum Gasteiger partial charge on any atom is -0.194 e. The highest BCUT2D eigenvalue weighted by molar-refractivity contribution is 5.10. The first-order valence-electron chi connectivity index (χ1n) is 13.7. The third-order valence-electron chi connectivity index (χ3n) is 10.4. The van der Waals surface area contributed by atoms with Crippen LogP contribution in [0.3, 0.4) is 0 Å².